The molecule has 1 N–H and O–H groups in total. The Morgan fingerprint density at radius 1 is 1.26 bits per heavy atom. The van der Waals surface area contributed by atoms with E-state index in [1.54, 1.807) is 29.3 Å². The second-order valence-corrected chi connectivity index (χ2v) is 11.9. The van der Waals surface area contributed by atoms with Gasteiger partial charge in [-0.1, -0.05) is 30.7 Å². The first-order valence-electron chi connectivity index (χ1n) is 10.8. The van der Waals surface area contributed by atoms with Crippen molar-refractivity contribution in [1.82, 2.24) is 24.4 Å². The van der Waals surface area contributed by atoms with E-state index >= 15 is 0 Å². The van der Waals surface area contributed by atoms with Gasteiger partial charge >= 0.3 is 0 Å². The first-order valence-corrected chi connectivity index (χ1v) is 14.4. The number of nitrogens with zero attached hydrogens (tertiary/aromatic N) is 4. The minimum atomic E-state index is -3.61. The minimum absolute atomic E-state index is 0.209. The third-order valence-corrected chi connectivity index (χ3v) is 9.97. The van der Waals surface area contributed by atoms with Crippen LogP contribution in [-0.2, 0) is 21.2 Å². The molecule has 31 heavy (non-hydrogen) atoms. The topological polar surface area (TPSA) is 97.2 Å². The van der Waals surface area contributed by atoms with E-state index in [0.717, 1.165) is 23.8 Å². The van der Waals surface area contributed by atoms with Gasteiger partial charge in [0.2, 0.25) is 5.91 Å². The summed E-state index contributed by atoms with van der Waals surface area (Å²) in [6, 6.07) is 3.17. The Morgan fingerprint density at radius 2 is 2.06 bits per heavy atom. The van der Waals surface area contributed by atoms with Crippen LogP contribution >= 0.6 is 23.1 Å². The van der Waals surface area contributed by atoms with Gasteiger partial charge < -0.3 is 9.88 Å². The zero-order chi connectivity index (χ0) is 21.8. The van der Waals surface area contributed by atoms with Crippen LogP contribution in [0.15, 0.2) is 26.9 Å². The van der Waals surface area contributed by atoms with E-state index in [1.807, 2.05) is 6.26 Å². The Morgan fingerprint density at radius 3 is 2.77 bits per heavy atom. The Balaban J connectivity index is 1.32. The number of thioether (sulfide) groups is 1. The van der Waals surface area contributed by atoms with Crippen molar-refractivity contribution in [3.05, 3.63) is 23.3 Å². The molecule has 11 heteroatoms. The lowest BCUT2D eigenvalue weighted by Gasteiger charge is -2.22. The van der Waals surface area contributed by atoms with E-state index in [2.05, 4.69) is 20.1 Å². The highest BCUT2D eigenvalue weighted by molar-refractivity contribution is 7.98. The number of thiophene rings is 1. The molecule has 0 aromatic carbocycles. The fraction of sp³-hybridized carbons (Fsp3) is 0.650. The Labute approximate surface area is 191 Å². The summed E-state index contributed by atoms with van der Waals surface area (Å²) in [6.45, 7) is 0.884. The summed E-state index contributed by atoms with van der Waals surface area (Å²) < 4.78 is 29.6. The van der Waals surface area contributed by atoms with Gasteiger partial charge in [0.1, 0.15) is 16.1 Å². The fourth-order valence-corrected chi connectivity index (χ4v) is 7.89. The van der Waals surface area contributed by atoms with Crippen LogP contribution in [0.3, 0.4) is 0 Å². The first kappa shape index (κ1) is 22.8. The Bertz CT molecular complexity index is 984. The summed E-state index contributed by atoms with van der Waals surface area (Å²) >= 11 is 2.81. The van der Waals surface area contributed by atoms with E-state index in [0.29, 0.717) is 36.2 Å². The highest BCUT2D eigenvalue weighted by atomic mass is 32.2. The fourth-order valence-electron chi connectivity index (χ4n) is 4.54. The van der Waals surface area contributed by atoms with Gasteiger partial charge in [0.05, 0.1) is 0 Å². The number of hydrogen-bond donors (Lipinski definition) is 1. The van der Waals surface area contributed by atoms with Crippen LogP contribution in [0, 0.1) is 0 Å². The molecule has 170 valence electrons. The van der Waals surface area contributed by atoms with Crippen molar-refractivity contribution in [1.29, 1.82) is 0 Å². The van der Waals surface area contributed by atoms with Gasteiger partial charge in [0.25, 0.3) is 10.0 Å². The van der Waals surface area contributed by atoms with Crippen molar-refractivity contribution >= 4 is 39.0 Å². The normalized spacial score (nSPS) is 20.5. The van der Waals surface area contributed by atoms with Crippen LogP contribution in [-0.4, -0.2) is 58.8 Å². The summed E-state index contributed by atoms with van der Waals surface area (Å²) in [4.78, 5) is 12.8. The predicted molar refractivity (Wildman–Crippen MR) is 122 cm³/mol. The van der Waals surface area contributed by atoms with E-state index < -0.39 is 16.1 Å². The maximum Gasteiger partial charge on any atom is 0.253 e. The van der Waals surface area contributed by atoms with Gasteiger partial charge in [-0.25, -0.2) is 8.42 Å². The average molecular weight is 484 g/mol. The van der Waals surface area contributed by atoms with Crippen LogP contribution in [0.1, 0.15) is 56.8 Å². The van der Waals surface area contributed by atoms with Crippen molar-refractivity contribution in [2.45, 2.75) is 72.8 Å². The molecule has 2 aliphatic rings. The van der Waals surface area contributed by atoms with E-state index in [9.17, 15) is 13.2 Å². The number of carbonyl (C=O) groups excluding carboxylic acids is 1. The molecule has 0 radical (unpaired) electrons. The Kier molecular flexibility index (Phi) is 7.35. The lowest BCUT2D eigenvalue weighted by molar-refractivity contribution is -0.124. The van der Waals surface area contributed by atoms with Crippen LogP contribution in [0.5, 0.6) is 0 Å². The van der Waals surface area contributed by atoms with Gasteiger partial charge in [0.15, 0.2) is 5.16 Å². The van der Waals surface area contributed by atoms with E-state index in [-0.39, 0.29) is 5.91 Å². The number of rotatable bonds is 9. The molecule has 3 heterocycles. The average Bonchev–Trinajstić information content (AvgIpc) is 3.57. The zero-order valence-electron chi connectivity index (χ0n) is 17.7. The molecular weight excluding hydrogens is 454 g/mol. The van der Waals surface area contributed by atoms with Gasteiger partial charge in [-0.3, -0.25) is 4.79 Å². The SMILES string of the molecule is CSc1nnc(CCCNC(=O)C2CCCN2S(=O)(=O)c2cccs2)n1C1CCCC1. The number of carbonyl (C=O) groups is 1. The largest absolute Gasteiger partial charge is 0.355 e. The molecule has 1 amide bonds. The molecule has 1 saturated carbocycles. The van der Waals surface area contributed by atoms with Gasteiger partial charge in [0, 0.05) is 25.6 Å². The molecule has 1 aliphatic carbocycles. The van der Waals surface area contributed by atoms with Crippen LogP contribution < -0.4 is 5.32 Å². The Hall–Kier alpha value is -1.43. The molecule has 1 saturated heterocycles. The molecule has 2 fully saturated rings. The third kappa shape index (κ3) is 4.84. The lowest BCUT2D eigenvalue weighted by Crippen LogP contribution is -2.45. The molecule has 2 aromatic heterocycles. The summed E-state index contributed by atoms with van der Waals surface area (Å²) in [5, 5.41) is 14.4. The van der Waals surface area contributed by atoms with Gasteiger partial charge in [-0.15, -0.1) is 21.5 Å². The number of aromatic nitrogens is 3. The van der Waals surface area contributed by atoms with Crippen molar-refractivity contribution in [2.24, 2.45) is 0 Å². The third-order valence-electron chi connectivity index (χ3n) is 6.05. The number of amides is 1. The molecule has 0 spiro atoms. The van der Waals surface area contributed by atoms with E-state index in [4.69, 9.17) is 0 Å². The summed E-state index contributed by atoms with van der Waals surface area (Å²) in [5.74, 6) is 0.771. The van der Waals surface area contributed by atoms with Crippen molar-refractivity contribution in [3.63, 3.8) is 0 Å². The molecule has 1 unspecified atom stereocenters. The number of sulfonamides is 1. The van der Waals surface area contributed by atoms with Crippen molar-refractivity contribution in [3.8, 4) is 0 Å². The first-order chi connectivity index (χ1) is 15.0. The molecule has 2 aromatic rings. The maximum atomic E-state index is 12.9. The highest BCUT2D eigenvalue weighted by Crippen LogP contribution is 2.33. The quantitative estimate of drug-likeness (QED) is 0.435. The summed E-state index contributed by atoms with van der Waals surface area (Å²) in [5.41, 5.74) is 0. The van der Waals surface area contributed by atoms with E-state index in [1.165, 1.54) is 41.3 Å². The minimum Gasteiger partial charge on any atom is -0.355 e. The monoisotopic (exact) mass is 483 g/mol. The molecular formula is C20H29N5O3S3. The highest BCUT2D eigenvalue weighted by Gasteiger charge is 2.39. The second-order valence-electron chi connectivity index (χ2n) is 8.01. The van der Waals surface area contributed by atoms with Crippen LogP contribution in [0.2, 0.25) is 0 Å². The van der Waals surface area contributed by atoms with Crippen molar-refractivity contribution in [2.75, 3.05) is 19.3 Å². The standard InChI is InChI=1S/C20H29N5O3S3/c1-29-20-23-22-17(25(20)15-7-2-3-8-15)10-4-12-21-19(26)16-9-5-13-24(16)31(27,28)18-11-6-14-30-18/h6,11,14-16H,2-5,7-10,12-13H2,1H3,(H,21,26). The number of aryl methyl sites for hydroxylation is 1. The van der Waals surface area contributed by atoms with Crippen LogP contribution in [0.4, 0.5) is 0 Å². The lowest BCUT2D eigenvalue weighted by atomic mass is 10.2. The van der Waals surface area contributed by atoms with Crippen LogP contribution in [0.25, 0.3) is 0 Å². The molecule has 1 atom stereocenters. The zero-order valence-corrected chi connectivity index (χ0v) is 20.1. The number of hydrogen-bond acceptors (Lipinski definition) is 7. The summed E-state index contributed by atoms with van der Waals surface area (Å²) in [6.07, 6.45) is 9.61. The molecule has 8 nitrogen and oxygen atoms in total. The molecule has 4 rings (SSSR count). The number of nitrogens with one attached hydrogen (secondary N) is 1. The smallest absolute Gasteiger partial charge is 0.253 e. The maximum absolute atomic E-state index is 12.9. The molecule has 1 aliphatic heterocycles. The van der Waals surface area contributed by atoms with Gasteiger partial charge in [-0.05, 0) is 49.8 Å². The second kappa shape index (κ2) is 10.0. The summed E-state index contributed by atoms with van der Waals surface area (Å²) in [7, 11) is -3.61. The predicted octanol–water partition coefficient (Wildman–Crippen LogP) is 3.08. The van der Waals surface area contributed by atoms with Gasteiger partial charge in [-0.2, -0.15) is 4.31 Å². The van der Waals surface area contributed by atoms with Crippen molar-refractivity contribution < 1.29 is 13.2 Å². The molecule has 0 bridgehead atoms.